The highest BCUT2D eigenvalue weighted by molar-refractivity contribution is 6.73. The van der Waals surface area contributed by atoms with Crippen LogP contribution in [0.25, 0.3) is 0 Å². The van der Waals surface area contributed by atoms with Gasteiger partial charge in [0.05, 0.1) is 13.2 Å². The molecule has 0 bridgehead atoms. The van der Waals surface area contributed by atoms with Gasteiger partial charge in [-0.15, -0.1) is 6.58 Å². The molecule has 0 amide bonds. The first kappa shape index (κ1) is 22.8. The van der Waals surface area contributed by atoms with E-state index in [9.17, 15) is 0 Å². The normalized spacial score (nSPS) is 20.2. The van der Waals surface area contributed by atoms with Crippen molar-refractivity contribution in [2.45, 2.75) is 78.3 Å². The summed E-state index contributed by atoms with van der Waals surface area (Å²) in [4.78, 5) is 0. The van der Waals surface area contributed by atoms with Crippen LogP contribution in [0.5, 0.6) is 0 Å². The van der Waals surface area contributed by atoms with Gasteiger partial charge in [-0.25, -0.2) is 0 Å². The molecule has 1 heterocycles. The Morgan fingerprint density at radius 3 is 2.04 bits per heavy atom. The average Bonchev–Trinajstić information content (AvgIpc) is 2.65. The van der Waals surface area contributed by atoms with Crippen molar-refractivity contribution < 1.29 is 27.8 Å². The van der Waals surface area contributed by atoms with E-state index in [-0.39, 0.29) is 5.73 Å². The zero-order valence-corrected chi connectivity index (χ0v) is 17.5. The van der Waals surface area contributed by atoms with E-state index in [1.807, 2.05) is 33.4 Å². The molecule has 0 radical (unpaired) electrons. The molecule has 0 aromatic rings. The smallest absolute Gasteiger partial charge is 0.390 e. The summed E-state index contributed by atoms with van der Waals surface area (Å²) in [6.07, 6.45) is 2.44. The first-order valence-corrected chi connectivity index (χ1v) is 11.5. The van der Waals surface area contributed by atoms with Gasteiger partial charge in [-0.05, 0) is 38.8 Å². The van der Waals surface area contributed by atoms with Crippen LogP contribution < -0.4 is 0 Å². The summed E-state index contributed by atoms with van der Waals surface area (Å²) in [6.45, 7) is 16.3. The van der Waals surface area contributed by atoms with E-state index < -0.39 is 20.8 Å². The highest BCUT2D eigenvalue weighted by Crippen LogP contribution is 2.29. The molecule has 1 aliphatic rings. The standard InChI is InChI=1S/C18H36O6Si/c1-7-16(24-18(9-3)19-14-13-15-20-18)23-17(8-2)25(12-6,21-10-4)22-11-5/h12,16-17H,6-11,13-15H2,1-5H3. The van der Waals surface area contributed by atoms with Crippen molar-refractivity contribution in [1.82, 2.24) is 0 Å². The molecule has 0 aromatic carbocycles. The van der Waals surface area contributed by atoms with Crippen LogP contribution in [0.3, 0.4) is 0 Å². The zero-order chi connectivity index (χ0) is 18.8. The van der Waals surface area contributed by atoms with Crippen LogP contribution in [0, 0.1) is 0 Å². The van der Waals surface area contributed by atoms with Crippen LogP contribution in [0.1, 0.15) is 60.3 Å². The molecule has 148 valence electrons. The molecular formula is C18H36O6Si. The summed E-state index contributed by atoms with van der Waals surface area (Å²) in [5.41, 5.74) is 1.59. The fourth-order valence-electron chi connectivity index (χ4n) is 2.91. The zero-order valence-electron chi connectivity index (χ0n) is 16.5. The summed E-state index contributed by atoms with van der Waals surface area (Å²) < 4.78 is 36.0. The van der Waals surface area contributed by atoms with E-state index >= 15 is 0 Å². The van der Waals surface area contributed by atoms with Crippen molar-refractivity contribution in [2.24, 2.45) is 0 Å². The molecule has 25 heavy (non-hydrogen) atoms. The minimum atomic E-state index is -2.70. The SMILES string of the molecule is C=C[Si](OCC)(OCC)C(CC)OC(CC)OC1(CC)OCCCO1. The lowest BCUT2D eigenvalue weighted by molar-refractivity contribution is -0.436. The second-order valence-corrected chi connectivity index (χ2v) is 8.94. The van der Waals surface area contributed by atoms with Crippen LogP contribution in [-0.2, 0) is 27.8 Å². The Hall–Kier alpha value is -0.283. The monoisotopic (exact) mass is 376 g/mol. The van der Waals surface area contributed by atoms with Crippen LogP contribution in [0.15, 0.2) is 12.3 Å². The fourth-order valence-corrected chi connectivity index (χ4v) is 5.67. The van der Waals surface area contributed by atoms with Gasteiger partial charge in [0.15, 0.2) is 6.29 Å². The largest absolute Gasteiger partial charge is 0.394 e. The summed E-state index contributed by atoms with van der Waals surface area (Å²) in [5, 5.41) is 0. The van der Waals surface area contributed by atoms with Gasteiger partial charge in [0.25, 0.3) is 5.97 Å². The van der Waals surface area contributed by atoms with Crippen LogP contribution in [-0.4, -0.2) is 53.0 Å². The molecule has 2 unspecified atom stereocenters. The fraction of sp³-hybridized carbons (Fsp3) is 0.889. The Labute approximate surface area is 154 Å². The molecule has 1 aliphatic heterocycles. The number of rotatable bonds is 13. The predicted octanol–water partition coefficient (Wildman–Crippen LogP) is 3.81. The molecule has 0 aliphatic carbocycles. The average molecular weight is 377 g/mol. The van der Waals surface area contributed by atoms with Gasteiger partial charge in [-0.2, -0.15) is 0 Å². The highest BCUT2D eigenvalue weighted by Gasteiger charge is 2.46. The van der Waals surface area contributed by atoms with Crippen molar-refractivity contribution in [3.05, 3.63) is 12.3 Å². The minimum absolute atomic E-state index is 0.215. The van der Waals surface area contributed by atoms with E-state index in [0.29, 0.717) is 39.3 Å². The summed E-state index contributed by atoms with van der Waals surface area (Å²) in [5.74, 6) is -1.02. The lowest BCUT2D eigenvalue weighted by Crippen LogP contribution is -2.55. The van der Waals surface area contributed by atoms with Gasteiger partial charge >= 0.3 is 8.56 Å². The van der Waals surface area contributed by atoms with Crippen molar-refractivity contribution in [3.63, 3.8) is 0 Å². The molecule has 0 saturated carbocycles. The summed E-state index contributed by atoms with van der Waals surface area (Å²) in [7, 11) is -2.70. The second-order valence-electron chi connectivity index (χ2n) is 5.87. The van der Waals surface area contributed by atoms with Crippen molar-refractivity contribution >= 4 is 8.56 Å². The number of hydrogen-bond donors (Lipinski definition) is 0. The van der Waals surface area contributed by atoms with Crippen LogP contribution in [0.4, 0.5) is 0 Å². The topological polar surface area (TPSA) is 55.4 Å². The van der Waals surface area contributed by atoms with Gasteiger partial charge in [-0.3, -0.25) is 4.74 Å². The Bertz CT molecular complexity index is 367. The van der Waals surface area contributed by atoms with Crippen molar-refractivity contribution in [2.75, 3.05) is 26.4 Å². The third kappa shape index (κ3) is 6.13. The van der Waals surface area contributed by atoms with E-state index in [2.05, 4.69) is 13.5 Å². The van der Waals surface area contributed by atoms with Crippen molar-refractivity contribution in [3.8, 4) is 0 Å². The number of hydrogen-bond acceptors (Lipinski definition) is 6. The molecule has 6 nitrogen and oxygen atoms in total. The van der Waals surface area contributed by atoms with Crippen LogP contribution in [0.2, 0.25) is 0 Å². The quantitative estimate of drug-likeness (QED) is 0.360. The molecule has 7 heteroatoms. The van der Waals surface area contributed by atoms with Crippen LogP contribution >= 0.6 is 0 Å². The summed E-state index contributed by atoms with van der Waals surface area (Å²) in [6, 6.07) is 0. The molecule has 1 rings (SSSR count). The maximum absolute atomic E-state index is 6.30. The third-order valence-corrected chi connectivity index (χ3v) is 7.66. The van der Waals surface area contributed by atoms with Gasteiger partial charge in [0, 0.05) is 19.6 Å². The molecule has 0 N–H and O–H groups in total. The molecular weight excluding hydrogens is 340 g/mol. The lowest BCUT2D eigenvalue weighted by atomic mass is 10.3. The Morgan fingerprint density at radius 2 is 1.64 bits per heavy atom. The number of ether oxygens (including phenoxy) is 4. The lowest BCUT2D eigenvalue weighted by Gasteiger charge is -2.40. The molecule has 2 atom stereocenters. The van der Waals surface area contributed by atoms with Gasteiger partial charge in [-0.1, -0.05) is 20.8 Å². The van der Waals surface area contributed by atoms with E-state index in [1.54, 1.807) is 0 Å². The molecule has 1 fully saturated rings. The molecule has 1 saturated heterocycles. The maximum Gasteiger partial charge on any atom is 0.394 e. The molecule has 0 spiro atoms. The minimum Gasteiger partial charge on any atom is -0.390 e. The van der Waals surface area contributed by atoms with Crippen molar-refractivity contribution in [1.29, 1.82) is 0 Å². The highest BCUT2D eigenvalue weighted by atomic mass is 28.4. The first-order valence-electron chi connectivity index (χ1n) is 9.57. The first-order chi connectivity index (χ1) is 12.0. The van der Waals surface area contributed by atoms with E-state index in [0.717, 1.165) is 12.8 Å². The Morgan fingerprint density at radius 1 is 1.04 bits per heavy atom. The molecule has 0 aromatic heterocycles. The predicted molar refractivity (Wildman–Crippen MR) is 99.1 cm³/mol. The summed E-state index contributed by atoms with van der Waals surface area (Å²) >= 11 is 0. The van der Waals surface area contributed by atoms with E-state index in [4.69, 9.17) is 27.8 Å². The van der Waals surface area contributed by atoms with E-state index in [1.165, 1.54) is 0 Å². The van der Waals surface area contributed by atoms with Gasteiger partial charge in [0.2, 0.25) is 0 Å². The maximum atomic E-state index is 6.30. The van der Waals surface area contributed by atoms with Gasteiger partial charge < -0.3 is 23.1 Å². The third-order valence-electron chi connectivity index (χ3n) is 4.17. The van der Waals surface area contributed by atoms with Gasteiger partial charge in [0.1, 0.15) is 5.73 Å². The second kappa shape index (κ2) is 11.4. The Kier molecular flexibility index (Phi) is 10.4. The Balaban J connectivity index is 2.88.